The second kappa shape index (κ2) is 8.95. The van der Waals surface area contributed by atoms with Crippen molar-refractivity contribution in [2.75, 3.05) is 37.0 Å². The first-order valence-electron chi connectivity index (χ1n) is 9.78. The number of ether oxygens (including phenoxy) is 1. The third-order valence-corrected chi connectivity index (χ3v) is 6.75. The predicted molar refractivity (Wildman–Crippen MR) is 122 cm³/mol. The van der Waals surface area contributed by atoms with E-state index in [9.17, 15) is 4.79 Å². The minimum Gasteiger partial charge on any atom is -0.378 e. The number of nitrogens with zero attached hydrogens (tertiary/aromatic N) is 5. The van der Waals surface area contributed by atoms with E-state index in [0.29, 0.717) is 19.0 Å². The molecule has 3 heterocycles. The van der Waals surface area contributed by atoms with Crippen molar-refractivity contribution < 1.29 is 9.53 Å². The van der Waals surface area contributed by atoms with E-state index in [1.165, 1.54) is 11.8 Å². The van der Waals surface area contributed by atoms with Crippen LogP contribution in [0.3, 0.4) is 0 Å². The zero-order valence-electron chi connectivity index (χ0n) is 17.3. The Kier molecular flexibility index (Phi) is 6.31. The Bertz CT molecular complexity index is 1070. The van der Waals surface area contributed by atoms with Gasteiger partial charge in [0.25, 0.3) is 0 Å². The number of carbonyl (C=O) groups is 1. The van der Waals surface area contributed by atoms with Gasteiger partial charge >= 0.3 is 0 Å². The van der Waals surface area contributed by atoms with Crippen LogP contribution in [-0.2, 0) is 11.8 Å². The molecule has 7 nitrogen and oxygen atoms in total. The first-order valence-corrected chi connectivity index (χ1v) is 11.6. The Morgan fingerprint density at radius 3 is 2.70 bits per heavy atom. The largest absolute Gasteiger partial charge is 0.378 e. The second-order valence-corrected chi connectivity index (χ2v) is 9.11. The first-order chi connectivity index (χ1) is 14.5. The van der Waals surface area contributed by atoms with Crippen molar-refractivity contribution in [3.05, 3.63) is 51.8 Å². The molecule has 0 bridgehead atoms. The van der Waals surface area contributed by atoms with Crippen LogP contribution in [0.15, 0.2) is 40.0 Å². The van der Waals surface area contributed by atoms with Gasteiger partial charge in [0.2, 0.25) is 5.95 Å². The summed E-state index contributed by atoms with van der Waals surface area (Å²) in [6, 6.07) is 10.0. The van der Waals surface area contributed by atoms with Gasteiger partial charge in [-0.3, -0.25) is 9.36 Å². The molecule has 0 saturated carbocycles. The number of carbonyl (C=O) groups excluding carboxylic acids is 1. The van der Waals surface area contributed by atoms with E-state index in [1.807, 2.05) is 49.7 Å². The quantitative estimate of drug-likeness (QED) is 0.387. The number of ketones is 1. The molecule has 0 spiro atoms. The molecule has 9 heteroatoms. The summed E-state index contributed by atoms with van der Waals surface area (Å²) in [4.78, 5) is 15.2. The average Bonchev–Trinajstić information content (AvgIpc) is 3.25. The lowest BCUT2D eigenvalue weighted by atomic mass is 10.2. The maximum Gasteiger partial charge on any atom is 0.227 e. The highest BCUT2D eigenvalue weighted by Crippen LogP contribution is 2.26. The Balaban J connectivity index is 1.49. The predicted octanol–water partition coefficient (Wildman–Crippen LogP) is 3.80. The van der Waals surface area contributed by atoms with Gasteiger partial charge in [0.1, 0.15) is 0 Å². The maximum absolute atomic E-state index is 13.0. The number of Topliss-reactive ketones (excluding diaryl/α,β-unsaturated/α-hetero) is 1. The van der Waals surface area contributed by atoms with Crippen LogP contribution in [0, 0.1) is 13.8 Å². The normalized spacial score (nSPS) is 14.3. The van der Waals surface area contributed by atoms with Crippen LogP contribution >= 0.6 is 27.7 Å². The summed E-state index contributed by atoms with van der Waals surface area (Å²) in [5.41, 5.74) is 3.76. The number of thioether (sulfide) groups is 1. The zero-order chi connectivity index (χ0) is 21.3. The first kappa shape index (κ1) is 21.1. The number of aryl methyl sites for hydroxylation is 1. The van der Waals surface area contributed by atoms with Crippen LogP contribution in [0.25, 0.3) is 5.69 Å². The van der Waals surface area contributed by atoms with E-state index in [2.05, 4.69) is 41.7 Å². The molecule has 1 aliphatic heterocycles. The second-order valence-electron chi connectivity index (χ2n) is 7.25. The topological polar surface area (TPSA) is 65.2 Å². The van der Waals surface area contributed by atoms with Crippen LogP contribution in [0.5, 0.6) is 0 Å². The SMILES string of the molecule is Cc1cc(C(=O)CSc2nnc(N3CCOCC3)n2C)c(C)n1-c1cccc(Br)c1. The van der Waals surface area contributed by atoms with Crippen molar-refractivity contribution in [2.45, 2.75) is 19.0 Å². The standard InChI is InChI=1S/C21H24BrN5O2S/c1-14-11-18(15(2)27(14)17-6-4-5-16(22)12-17)19(28)13-30-21-24-23-20(25(21)3)26-7-9-29-10-8-26/h4-6,11-12H,7-10,13H2,1-3H3. The molecule has 1 aliphatic rings. The Hall–Kier alpha value is -2.10. The van der Waals surface area contributed by atoms with E-state index in [4.69, 9.17) is 4.74 Å². The van der Waals surface area contributed by atoms with Gasteiger partial charge in [0, 0.05) is 47.2 Å². The molecule has 0 aliphatic carbocycles. The minimum absolute atomic E-state index is 0.0882. The number of hydrogen-bond acceptors (Lipinski definition) is 6. The summed E-state index contributed by atoms with van der Waals surface area (Å²) in [7, 11) is 1.94. The van der Waals surface area contributed by atoms with E-state index < -0.39 is 0 Å². The number of anilines is 1. The number of rotatable bonds is 6. The lowest BCUT2D eigenvalue weighted by Crippen LogP contribution is -2.37. The van der Waals surface area contributed by atoms with Gasteiger partial charge in [-0.25, -0.2) is 0 Å². The van der Waals surface area contributed by atoms with Gasteiger partial charge < -0.3 is 14.2 Å². The Morgan fingerprint density at radius 1 is 1.20 bits per heavy atom. The van der Waals surface area contributed by atoms with Crippen molar-refractivity contribution in [1.82, 2.24) is 19.3 Å². The van der Waals surface area contributed by atoms with Gasteiger partial charge in [0.15, 0.2) is 10.9 Å². The lowest BCUT2D eigenvalue weighted by molar-refractivity contribution is 0.102. The number of aromatic nitrogens is 4. The van der Waals surface area contributed by atoms with Crippen LogP contribution in [0.4, 0.5) is 5.95 Å². The van der Waals surface area contributed by atoms with E-state index in [-0.39, 0.29) is 5.78 Å². The molecule has 4 rings (SSSR count). The fourth-order valence-corrected chi connectivity index (χ4v) is 4.91. The van der Waals surface area contributed by atoms with Gasteiger partial charge in [-0.05, 0) is 38.1 Å². The Labute approximate surface area is 188 Å². The molecule has 1 fully saturated rings. The van der Waals surface area contributed by atoms with Crippen molar-refractivity contribution >= 4 is 39.4 Å². The van der Waals surface area contributed by atoms with Crippen molar-refractivity contribution in [3.63, 3.8) is 0 Å². The number of morpholine rings is 1. The summed E-state index contributed by atoms with van der Waals surface area (Å²) >= 11 is 4.95. The molecule has 1 saturated heterocycles. The molecule has 0 atom stereocenters. The van der Waals surface area contributed by atoms with Crippen molar-refractivity contribution in [1.29, 1.82) is 0 Å². The van der Waals surface area contributed by atoms with Gasteiger partial charge in [-0.2, -0.15) is 0 Å². The summed E-state index contributed by atoms with van der Waals surface area (Å²) in [5, 5.41) is 9.35. The van der Waals surface area contributed by atoms with E-state index in [1.54, 1.807) is 0 Å². The van der Waals surface area contributed by atoms with Crippen LogP contribution in [0.1, 0.15) is 21.7 Å². The third-order valence-electron chi connectivity index (χ3n) is 5.24. The Morgan fingerprint density at radius 2 is 1.97 bits per heavy atom. The molecule has 2 aromatic heterocycles. The molecule has 0 unspecified atom stereocenters. The highest BCUT2D eigenvalue weighted by Gasteiger charge is 2.21. The van der Waals surface area contributed by atoms with Gasteiger partial charge in [-0.1, -0.05) is 33.8 Å². The van der Waals surface area contributed by atoms with Gasteiger partial charge in [0.05, 0.1) is 19.0 Å². The lowest BCUT2D eigenvalue weighted by Gasteiger charge is -2.27. The smallest absolute Gasteiger partial charge is 0.227 e. The molecule has 1 aromatic carbocycles. The number of halogens is 1. The van der Waals surface area contributed by atoms with E-state index in [0.717, 1.165) is 51.3 Å². The van der Waals surface area contributed by atoms with Crippen LogP contribution in [-0.4, -0.2) is 57.2 Å². The molecule has 0 radical (unpaired) electrons. The van der Waals surface area contributed by atoms with Crippen molar-refractivity contribution in [2.24, 2.45) is 7.05 Å². The van der Waals surface area contributed by atoms with Crippen LogP contribution < -0.4 is 4.90 Å². The molecule has 0 N–H and O–H groups in total. The zero-order valence-corrected chi connectivity index (χ0v) is 19.7. The average molecular weight is 490 g/mol. The summed E-state index contributed by atoms with van der Waals surface area (Å²) in [6.07, 6.45) is 0. The fraction of sp³-hybridized carbons (Fsp3) is 0.381. The summed E-state index contributed by atoms with van der Waals surface area (Å²) in [5.74, 6) is 1.23. The molecular weight excluding hydrogens is 466 g/mol. The number of benzene rings is 1. The van der Waals surface area contributed by atoms with Gasteiger partial charge in [-0.15, -0.1) is 10.2 Å². The molecule has 30 heavy (non-hydrogen) atoms. The monoisotopic (exact) mass is 489 g/mol. The number of hydrogen-bond donors (Lipinski definition) is 0. The van der Waals surface area contributed by atoms with Crippen molar-refractivity contribution in [3.8, 4) is 5.69 Å². The highest BCUT2D eigenvalue weighted by atomic mass is 79.9. The van der Waals surface area contributed by atoms with Crippen LogP contribution in [0.2, 0.25) is 0 Å². The molecule has 3 aromatic rings. The molecule has 0 amide bonds. The third kappa shape index (κ3) is 4.19. The minimum atomic E-state index is 0.0882. The molecular formula is C21H24BrN5O2S. The summed E-state index contributed by atoms with van der Waals surface area (Å²) in [6.45, 7) is 7.01. The fourth-order valence-electron chi connectivity index (χ4n) is 3.74. The van der Waals surface area contributed by atoms with E-state index >= 15 is 0 Å². The highest BCUT2D eigenvalue weighted by molar-refractivity contribution is 9.10. The summed E-state index contributed by atoms with van der Waals surface area (Å²) < 4.78 is 10.5. The molecule has 158 valence electrons. The maximum atomic E-state index is 13.0.